The van der Waals surface area contributed by atoms with E-state index in [1.165, 1.54) is 12.8 Å². The second-order valence-electron chi connectivity index (χ2n) is 10.3. The number of hydrogen-bond donors (Lipinski definition) is 1. The Morgan fingerprint density at radius 3 is 2.70 bits per heavy atom. The molecule has 2 bridgehead atoms. The summed E-state index contributed by atoms with van der Waals surface area (Å²) in [6.45, 7) is 4.72. The van der Waals surface area contributed by atoms with E-state index in [0.29, 0.717) is 11.6 Å². The zero-order valence-electron chi connectivity index (χ0n) is 19.4. The number of thiazole rings is 1. The number of fused-ring (bicyclic) bond motifs is 4. The number of rotatable bonds is 3. The third-order valence-electron chi connectivity index (χ3n) is 7.46. The Bertz CT molecular complexity index is 1430. The topological polar surface area (TPSA) is 82.7 Å². The Labute approximate surface area is 197 Å². The number of piperidine rings is 1. The summed E-state index contributed by atoms with van der Waals surface area (Å²) >= 11 is 1.72. The summed E-state index contributed by atoms with van der Waals surface area (Å²) in [5.41, 5.74) is 4.43. The highest BCUT2D eigenvalue weighted by atomic mass is 32.1. The molecule has 3 aromatic heterocycles. The number of nitrogens with one attached hydrogen (secondary N) is 1. The molecule has 0 saturated carbocycles. The minimum Gasteiger partial charge on any atom is -0.348 e. The Kier molecular flexibility index (Phi) is 4.36. The first-order valence-corrected chi connectivity index (χ1v) is 12.2. The largest absolute Gasteiger partial charge is 0.348 e. The molecule has 0 amide bonds. The van der Waals surface area contributed by atoms with Crippen LogP contribution in [0.15, 0.2) is 30.6 Å². The highest BCUT2D eigenvalue weighted by Gasteiger charge is 2.49. The van der Waals surface area contributed by atoms with Crippen LogP contribution in [0.3, 0.4) is 0 Å². The second kappa shape index (κ2) is 6.99. The number of benzene rings is 1. The normalized spacial score (nSPS) is 26.7. The smallest absolute Gasteiger partial charge is 0.186 e. The van der Waals surface area contributed by atoms with E-state index in [9.17, 15) is 5.26 Å². The maximum atomic E-state index is 9.62. The van der Waals surface area contributed by atoms with E-state index in [0.717, 1.165) is 50.4 Å². The monoisotopic (exact) mass is 457 g/mol. The van der Waals surface area contributed by atoms with Crippen LogP contribution in [0.1, 0.15) is 45.1 Å². The average molecular weight is 458 g/mol. The molecule has 2 aliphatic rings. The molecule has 4 aromatic rings. The van der Waals surface area contributed by atoms with Gasteiger partial charge in [-0.05, 0) is 57.7 Å². The number of hydrogen-bond acceptors (Lipinski definition) is 7. The van der Waals surface area contributed by atoms with Crippen molar-refractivity contribution in [1.29, 1.82) is 5.26 Å². The average Bonchev–Trinajstić information content (AvgIpc) is 3.43. The van der Waals surface area contributed by atoms with E-state index in [1.54, 1.807) is 16.0 Å². The molecule has 1 N–H and O–H groups in total. The maximum absolute atomic E-state index is 9.62. The maximum Gasteiger partial charge on any atom is 0.186 e. The molecule has 3 atom stereocenters. The molecule has 1 aromatic carbocycles. The number of aromatic nitrogens is 4. The van der Waals surface area contributed by atoms with Crippen LogP contribution in [0.2, 0.25) is 0 Å². The third kappa shape index (κ3) is 3.38. The van der Waals surface area contributed by atoms with Gasteiger partial charge in [0, 0.05) is 48.4 Å². The summed E-state index contributed by atoms with van der Waals surface area (Å²) in [5, 5.41) is 19.9. The van der Waals surface area contributed by atoms with Gasteiger partial charge in [0.15, 0.2) is 5.13 Å². The third-order valence-corrected chi connectivity index (χ3v) is 8.57. The molecule has 6 rings (SSSR count). The lowest BCUT2D eigenvalue weighted by molar-refractivity contribution is 0.208. The first-order valence-electron chi connectivity index (χ1n) is 11.4. The van der Waals surface area contributed by atoms with Crippen molar-refractivity contribution < 1.29 is 0 Å². The molecule has 1 unspecified atom stereocenters. The standard InChI is InChI=1S/C25H27N7S/c1-24-5-6-25(2,30-24)11-18(10-24)32(4)23-28-20-13-27-19(9-21(20)33-23)15-7-16(12-26)22-17(8-15)14-31(3)29-22/h7-9,13-14,18,30H,5-6,10-11H2,1-4H3/t18?,24-,25+. The predicted octanol–water partition coefficient (Wildman–Crippen LogP) is 4.62. The highest BCUT2D eigenvalue weighted by Crippen LogP contribution is 2.44. The molecule has 5 heterocycles. The Hall–Kier alpha value is -3.02. The first-order chi connectivity index (χ1) is 15.7. The van der Waals surface area contributed by atoms with E-state index in [4.69, 9.17) is 4.98 Å². The van der Waals surface area contributed by atoms with Crippen molar-refractivity contribution in [3.05, 3.63) is 36.2 Å². The Morgan fingerprint density at radius 2 is 1.97 bits per heavy atom. The fourth-order valence-electron chi connectivity index (χ4n) is 5.87. The van der Waals surface area contributed by atoms with Crippen LogP contribution in [0.25, 0.3) is 32.4 Å². The van der Waals surface area contributed by atoms with Gasteiger partial charge < -0.3 is 10.2 Å². The van der Waals surface area contributed by atoms with E-state index >= 15 is 0 Å². The van der Waals surface area contributed by atoms with Crippen molar-refractivity contribution >= 4 is 37.6 Å². The summed E-state index contributed by atoms with van der Waals surface area (Å²) in [6.07, 6.45) is 8.55. The predicted molar refractivity (Wildman–Crippen MR) is 132 cm³/mol. The molecule has 0 radical (unpaired) electrons. The lowest BCUT2D eigenvalue weighted by atomic mass is 9.84. The summed E-state index contributed by atoms with van der Waals surface area (Å²) in [7, 11) is 4.05. The van der Waals surface area contributed by atoms with Gasteiger partial charge in [0.05, 0.1) is 22.2 Å². The molecule has 0 aliphatic carbocycles. The number of anilines is 1. The van der Waals surface area contributed by atoms with Crippen molar-refractivity contribution in [3.8, 4) is 17.3 Å². The lowest BCUT2D eigenvalue weighted by Gasteiger charge is -2.45. The van der Waals surface area contributed by atoms with Crippen molar-refractivity contribution in [2.75, 3.05) is 11.9 Å². The lowest BCUT2D eigenvalue weighted by Crippen LogP contribution is -2.58. The van der Waals surface area contributed by atoms with Crippen LogP contribution in [0.4, 0.5) is 5.13 Å². The Balaban J connectivity index is 1.34. The van der Waals surface area contributed by atoms with Gasteiger partial charge >= 0.3 is 0 Å². The Morgan fingerprint density at radius 1 is 1.21 bits per heavy atom. The van der Waals surface area contributed by atoms with Gasteiger partial charge in [0.25, 0.3) is 0 Å². The number of nitriles is 1. The molecule has 2 aliphatic heterocycles. The van der Waals surface area contributed by atoms with Crippen LogP contribution >= 0.6 is 11.3 Å². The van der Waals surface area contributed by atoms with Gasteiger partial charge in [-0.3, -0.25) is 9.67 Å². The molecular weight excluding hydrogens is 430 g/mol. The minimum atomic E-state index is 0.223. The number of pyridine rings is 1. The fraction of sp³-hybridized carbons (Fsp3) is 0.440. The second-order valence-corrected chi connectivity index (χ2v) is 11.3. The SMILES string of the molecule is CN(c1nc2cnc(-c3cc(C#N)c4nn(C)cc4c3)cc2s1)C1C[C@]2(C)CC[C@](C)(C1)N2. The van der Waals surface area contributed by atoms with Crippen molar-refractivity contribution in [2.45, 2.75) is 56.7 Å². The van der Waals surface area contributed by atoms with E-state index in [2.05, 4.69) is 59.4 Å². The van der Waals surface area contributed by atoms with Crippen molar-refractivity contribution in [3.63, 3.8) is 0 Å². The van der Waals surface area contributed by atoms with Crippen molar-refractivity contribution in [2.24, 2.45) is 7.05 Å². The zero-order chi connectivity index (χ0) is 23.0. The van der Waals surface area contributed by atoms with Crippen LogP contribution in [-0.4, -0.2) is 43.9 Å². The zero-order valence-corrected chi connectivity index (χ0v) is 20.2. The van der Waals surface area contributed by atoms with Gasteiger partial charge in [-0.15, -0.1) is 0 Å². The van der Waals surface area contributed by atoms with Crippen LogP contribution in [0.5, 0.6) is 0 Å². The summed E-state index contributed by atoms with van der Waals surface area (Å²) < 4.78 is 2.85. The molecule has 8 heteroatoms. The van der Waals surface area contributed by atoms with Gasteiger partial charge in [-0.1, -0.05) is 11.3 Å². The molecule has 7 nitrogen and oxygen atoms in total. The highest BCUT2D eigenvalue weighted by molar-refractivity contribution is 7.22. The molecule has 33 heavy (non-hydrogen) atoms. The van der Waals surface area contributed by atoms with Crippen LogP contribution < -0.4 is 10.2 Å². The van der Waals surface area contributed by atoms with E-state index in [1.807, 2.05) is 25.5 Å². The molecule has 168 valence electrons. The van der Waals surface area contributed by atoms with Gasteiger partial charge in [-0.2, -0.15) is 10.4 Å². The molecule has 2 fully saturated rings. The van der Waals surface area contributed by atoms with E-state index in [-0.39, 0.29) is 11.1 Å². The summed E-state index contributed by atoms with van der Waals surface area (Å²) in [6, 6.07) is 8.78. The fourth-order valence-corrected chi connectivity index (χ4v) is 6.88. The van der Waals surface area contributed by atoms with E-state index < -0.39 is 0 Å². The quantitative estimate of drug-likeness (QED) is 0.484. The number of nitrogens with zero attached hydrogens (tertiary/aromatic N) is 6. The summed E-state index contributed by atoms with van der Waals surface area (Å²) in [5.74, 6) is 0. The molecule has 2 saturated heterocycles. The van der Waals surface area contributed by atoms with Gasteiger partial charge in [0.1, 0.15) is 17.1 Å². The van der Waals surface area contributed by atoms with Gasteiger partial charge in [0.2, 0.25) is 0 Å². The minimum absolute atomic E-state index is 0.223. The molecular formula is C25H27N7S. The van der Waals surface area contributed by atoms with Gasteiger partial charge in [-0.25, -0.2) is 4.98 Å². The van der Waals surface area contributed by atoms with Crippen LogP contribution in [0, 0.1) is 11.3 Å². The molecule has 0 spiro atoms. The number of aryl methyl sites for hydroxylation is 1. The first kappa shape index (κ1) is 20.6. The van der Waals surface area contributed by atoms with Crippen LogP contribution in [-0.2, 0) is 7.05 Å². The summed E-state index contributed by atoms with van der Waals surface area (Å²) in [4.78, 5) is 12.0. The van der Waals surface area contributed by atoms with Crippen molar-refractivity contribution in [1.82, 2.24) is 25.1 Å².